The van der Waals surface area contributed by atoms with E-state index < -0.39 is 0 Å². The summed E-state index contributed by atoms with van der Waals surface area (Å²) in [6, 6.07) is 0.664. The highest BCUT2D eigenvalue weighted by Crippen LogP contribution is 2.17. The Labute approximate surface area is 74.6 Å². The van der Waals surface area contributed by atoms with E-state index in [-0.39, 0.29) is 0 Å². The molecule has 0 unspecified atom stereocenters. The van der Waals surface area contributed by atoms with Crippen molar-refractivity contribution in [2.24, 2.45) is 0 Å². The number of ether oxygens (including phenoxy) is 2. The van der Waals surface area contributed by atoms with Crippen LogP contribution in [-0.2, 0) is 9.47 Å². The van der Waals surface area contributed by atoms with Crippen molar-refractivity contribution in [3.8, 4) is 0 Å². The van der Waals surface area contributed by atoms with Crippen LogP contribution >= 0.6 is 0 Å². The van der Waals surface area contributed by atoms with Crippen LogP contribution in [0.15, 0.2) is 0 Å². The Morgan fingerprint density at radius 3 is 2.67 bits per heavy atom. The SMILES string of the molecule is COCCO[C@H]1C[C@@H](C)N(C)C1. The number of hydrogen-bond acceptors (Lipinski definition) is 3. The molecule has 0 aliphatic carbocycles. The van der Waals surface area contributed by atoms with Gasteiger partial charge in [-0.1, -0.05) is 0 Å². The van der Waals surface area contributed by atoms with Crippen molar-refractivity contribution in [3.63, 3.8) is 0 Å². The lowest BCUT2D eigenvalue weighted by molar-refractivity contribution is 0.0231. The molecule has 1 saturated heterocycles. The van der Waals surface area contributed by atoms with Gasteiger partial charge in [0.25, 0.3) is 0 Å². The number of likely N-dealkylation sites (N-methyl/N-ethyl adjacent to an activating group) is 1. The molecule has 0 spiro atoms. The minimum absolute atomic E-state index is 0.417. The topological polar surface area (TPSA) is 21.7 Å². The zero-order valence-corrected chi connectivity index (χ0v) is 8.25. The molecule has 2 atom stereocenters. The number of nitrogens with zero attached hydrogens (tertiary/aromatic N) is 1. The second-order valence-electron chi connectivity index (χ2n) is 3.51. The van der Waals surface area contributed by atoms with Gasteiger partial charge in [0, 0.05) is 19.7 Å². The van der Waals surface area contributed by atoms with Crippen LogP contribution < -0.4 is 0 Å². The highest BCUT2D eigenvalue weighted by molar-refractivity contribution is 4.80. The van der Waals surface area contributed by atoms with Crippen LogP contribution in [0.2, 0.25) is 0 Å². The van der Waals surface area contributed by atoms with Crippen molar-refractivity contribution in [1.82, 2.24) is 4.90 Å². The van der Waals surface area contributed by atoms with Gasteiger partial charge in [-0.05, 0) is 20.4 Å². The summed E-state index contributed by atoms with van der Waals surface area (Å²) in [6.07, 6.45) is 1.57. The number of rotatable bonds is 4. The van der Waals surface area contributed by atoms with E-state index in [2.05, 4.69) is 18.9 Å². The van der Waals surface area contributed by atoms with Crippen LogP contribution in [0.25, 0.3) is 0 Å². The van der Waals surface area contributed by atoms with E-state index in [4.69, 9.17) is 9.47 Å². The quantitative estimate of drug-likeness (QED) is 0.585. The van der Waals surface area contributed by atoms with Crippen LogP contribution in [-0.4, -0.2) is 51.0 Å². The summed E-state index contributed by atoms with van der Waals surface area (Å²) in [5, 5.41) is 0. The Kier molecular flexibility index (Phi) is 3.98. The molecule has 3 nitrogen and oxygen atoms in total. The van der Waals surface area contributed by atoms with Gasteiger partial charge in [-0.2, -0.15) is 0 Å². The van der Waals surface area contributed by atoms with Gasteiger partial charge in [-0.3, -0.25) is 0 Å². The summed E-state index contributed by atoms with van der Waals surface area (Å²) in [4.78, 5) is 2.33. The largest absolute Gasteiger partial charge is 0.382 e. The fraction of sp³-hybridized carbons (Fsp3) is 1.00. The van der Waals surface area contributed by atoms with Crippen molar-refractivity contribution in [1.29, 1.82) is 0 Å². The van der Waals surface area contributed by atoms with E-state index >= 15 is 0 Å². The van der Waals surface area contributed by atoms with Crippen LogP contribution in [0, 0.1) is 0 Å². The van der Waals surface area contributed by atoms with E-state index in [0.717, 1.165) is 19.6 Å². The molecule has 0 aromatic carbocycles. The lowest BCUT2D eigenvalue weighted by Gasteiger charge is -2.12. The predicted molar refractivity (Wildman–Crippen MR) is 48.3 cm³/mol. The van der Waals surface area contributed by atoms with Gasteiger partial charge in [0.15, 0.2) is 0 Å². The Morgan fingerprint density at radius 1 is 1.42 bits per heavy atom. The van der Waals surface area contributed by atoms with Gasteiger partial charge in [0.05, 0.1) is 19.3 Å². The van der Waals surface area contributed by atoms with Gasteiger partial charge in [-0.25, -0.2) is 0 Å². The molecule has 12 heavy (non-hydrogen) atoms. The van der Waals surface area contributed by atoms with Crippen molar-refractivity contribution in [2.45, 2.75) is 25.5 Å². The average Bonchev–Trinajstić information content (AvgIpc) is 2.32. The highest BCUT2D eigenvalue weighted by atomic mass is 16.5. The summed E-state index contributed by atoms with van der Waals surface area (Å²) in [5.74, 6) is 0. The smallest absolute Gasteiger partial charge is 0.0717 e. The molecule has 3 heteroatoms. The minimum Gasteiger partial charge on any atom is -0.382 e. The standard InChI is InChI=1S/C9H19NO2/c1-8-6-9(7-10(8)2)12-5-4-11-3/h8-9H,4-7H2,1-3H3/t8-,9+/m1/s1. The molecule has 1 aliphatic rings. The normalized spacial score (nSPS) is 31.2. The minimum atomic E-state index is 0.417. The zero-order valence-electron chi connectivity index (χ0n) is 8.25. The molecule has 0 bridgehead atoms. The second kappa shape index (κ2) is 4.80. The van der Waals surface area contributed by atoms with Crippen molar-refractivity contribution < 1.29 is 9.47 Å². The summed E-state index contributed by atoms with van der Waals surface area (Å²) in [5.41, 5.74) is 0. The molecule has 72 valence electrons. The molecule has 1 fully saturated rings. The third-order valence-electron chi connectivity index (χ3n) is 2.49. The molecule has 0 radical (unpaired) electrons. The fourth-order valence-corrected chi connectivity index (χ4v) is 1.55. The van der Waals surface area contributed by atoms with Crippen molar-refractivity contribution in [3.05, 3.63) is 0 Å². The maximum Gasteiger partial charge on any atom is 0.0717 e. The molecule has 0 amide bonds. The molecule has 0 aromatic heterocycles. The maximum absolute atomic E-state index is 5.62. The summed E-state index contributed by atoms with van der Waals surface area (Å²) in [7, 11) is 3.84. The summed E-state index contributed by atoms with van der Waals surface area (Å²) >= 11 is 0. The van der Waals surface area contributed by atoms with Gasteiger partial charge >= 0.3 is 0 Å². The average molecular weight is 173 g/mol. The first-order valence-electron chi connectivity index (χ1n) is 4.55. The van der Waals surface area contributed by atoms with E-state index in [1.54, 1.807) is 7.11 Å². The third kappa shape index (κ3) is 2.73. The zero-order chi connectivity index (χ0) is 8.97. The molecule has 0 saturated carbocycles. The third-order valence-corrected chi connectivity index (χ3v) is 2.49. The number of methoxy groups -OCH3 is 1. The van der Waals surface area contributed by atoms with Gasteiger partial charge < -0.3 is 14.4 Å². The van der Waals surface area contributed by atoms with Gasteiger partial charge in [0.2, 0.25) is 0 Å². The first-order chi connectivity index (χ1) is 5.74. The maximum atomic E-state index is 5.62. The van der Waals surface area contributed by atoms with Crippen LogP contribution in [0.1, 0.15) is 13.3 Å². The van der Waals surface area contributed by atoms with E-state index in [0.29, 0.717) is 18.8 Å². The molecule has 1 rings (SSSR count). The Morgan fingerprint density at radius 2 is 2.17 bits per heavy atom. The van der Waals surface area contributed by atoms with E-state index in [1.165, 1.54) is 0 Å². The Bertz CT molecular complexity index is 120. The van der Waals surface area contributed by atoms with E-state index in [9.17, 15) is 0 Å². The highest BCUT2D eigenvalue weighted by Gasteiger charge is 2.26. The molecule has 0 N–H and O–H groups in total. The second-order valence-corrected chi connectivity index (χ2v) is 3.51. The lowest BCUT2D eigenvalue weighted by Crippen LogP contribution is -2.23. The van der Waals surface area contributed by atoms with Crippen LogP contribution in [0.5, 0.6) is 0 Å². The van der Waals surface area contributed by atoms with Crippen molar-refractivity contribution >= 4 is 0 Å². The summed E-state index contributed by atoms with van der Waals surface area (Å²) in [6.45, 7) is 4.72. The lowest BCUT2D eigenvalue weighted by atomic mass is 10.2. The first-order valence-corrected chi connectivity index (χ1v) is 4.55. The number of likely N-dealkylation sites (tertiary alicyclic amines) is 1. The van der Waals surface area contributed by atoms with Crippen LogP contribution in [0.4, 0.5) is 0 Å². The Hall–Kier alpha value is -0.120. The molecular weight excluding hydrogens is 154 g/mol. The van der Waals surface area contributed by atoms with Crippen LogP contribution in [0.3, 0.4) is 0 Å². The van der Waals surface area contributed by atoms with Crippen molar-refractivity contribution in [2.75, 3.05) is 33.9 Å². The van der Waals surface area contributed by atoms with Gasteiger partial charge in [-0.15, -0.1) is 0 Å². The first kappa shape index (κ1) is 9.96. The molecular formula is C9H19NO2. The fourth-order valence-electron chi connectivity index (χ4n) is 1.55. The molecule has 0 aromatic rings. The Balaban J connectivity index is 2.10. The summed E-state index contributed by atoms with van der Waals surface area (Å²) < 4.78 is 10.5. The molecule has 1 heterocycles. The number of hydrogen-bond donors (Lipinski definition) is 0. The van der Waals surface area contributed by atoms with Gasteiger partial charge in [0.1, 0.15) is 0 Å². The van der Waals surface area contributed by atoms with E-state index in [1.807, 2.05) is 0 Å². The molecule has 1 aliphatic heterocycles. The predicted octanol–water partition coefficient (Wildman–Crippen LogP) is 0.742. The monoisotopic (exact) mass is 173 g/mol.